The van der Waals surface area contributed by atoms with E-state index in [4.69, 9.17) is 4.74 Å². The third-order valence-corrected chi connectivity index (χ3v) is 6.20. The summed E-state index contributed by atoms with van der Waals surface area (Å²) in [4.78, 5) is 16.7. The summed E-state index contributed by atoms with van der Waals surface area (Å²) in [5.41, 5.74) is 2.69. The second-order valence-corrected chi connectivity index (χ2v) is 8.31. The van der Waals surface area contributed by atoms with E-state index in [1.165, 1.54) is 6.34 Å². The Labute approximate surface area is 159 Å². The molecule has 0 amide bonds. The molecule has 2 atom stereocenters. The zero-order valence-electron chi connectivity index (χ0n) is 15.5. The van der Waals surface area contributed by atoms with Crippen molar-refractivity contribution in [1.29, 1.82) is 0 Å². The molecule has 0 saturated heterocycles. The molecule has 7 heteroatoms. The van der Waals surface area contributed by atoms with E-state index in [0.717, 1.165) is 15.4 Å². The quantitative estimate of drug-likeness (QED) is 0.740. The molecule has 142 valence electrons. The molecule has 27 heavy (non-hydrogen) atoms. The summed E-state index contributed by atoms with van der Waals surface area (Å²) in [6, 6.07) is 12.3. The maximum absolute atomic E-state index is 13.2. The molecule has 0 aromatic heterocycles. The number of hydrogen-bond donors (Lipinski definition) is 0. The number of hydrogen-bond acceptors (Lipinski definition) is 5. The van der Waals surface area contributed by atoms with Crippen molar-refractivity contribution in [3.8, 4) is 0 Å². The highest BCUT2D eigenvalue weighted by atomic mass is 32.2. The summed E-state index contributed by atoms with van der Waals surface area (Å²) in [5.74, 6) is -0.541. The van der Waals surface area contributed by atoms with Crippen LogP contribution in [0.15, 0.2) is 58.4 Å². The van der Waals surface area contributed by atoms with Gasteiger partial charge in [0.1, 0.15) is 12.4 Å². The van der Waals surface area contributed by atoms with Crippen LogP contribution in [0.3, 0.4) is 0 Å². The molecule has 0 N–H and O–H groups in total. The van der Waals surface area contributed by atoms with Crippen molar-refractivity contribution in [3.05, 3.63) is 65.2 Å². The fourth-order valence-electron chi connectivity index (χ4n) is 2.98. The molecule has 0 radical (unpaired) electrons. The maximum atomic E-state index is 13.2. The standard InChI is InChI=1S/C20H22N2O4S/c1-4-26-20(23)18-19(16-9-5-14(2)6-10-16)22(13-21-18)27(24,25)17-11-7-15(3)8-12-17/h5-13,18-19H,4H2,1-3H3/t18-,19-/m1/s1. The minimum Gasteiger partial charge on any atom is -0.464 e. The maximum Gasteiger partial charge on any atom is 0.333 e. The van der Waals surface area contributed by atoms with Crippen molar-refractivity contribution in [1.82, 2.24) is 4.31 Å². The number of aryl methyl sites for hydroxylation is 2. The number of esters is 1. The van der Waals surface area contributed by atoms with Gasteiger partial charge in [-0.2, -0.15) is 0 Å². The van der Waals surface area contributed by atoms with E-state index in [1.54, 1.807) is 31.2 Å². The number of aliphatic imine (C=N–C) groups is 1. The van der Waals surface area contributed by atoms with Crippen LogP contribution in [0.5, 0.6) is 0 Å². The molecule has 0 bridgehead atoms. The lowest BCUT2D eigenvalue weighted by atomic mass is 10.00. The van der Waals surface area contributed by atoms with E-state index in [-0.39, 0.29) is 11.5 Å². The number of rotatable bonds is 5. The first-order valence-corrected chi connectivity index (χ1v) is 10.2. The Morgan fingerprint density at radius 1 is 1.04 bits per heavy atom. The van der Waals surface area contributed by atoms with E-state index >= 15 is 0 Å². The third kappa shape index (κ3) is 3.73. The van der Waals surface area contributed by atoms with Crippen LogP contribution >= 0.6 is 0 Å². The first-order valence-electron chi connectivity index (χ1n) is 8.71. The molecule has 1 aliphatic rings. The van der Waals surface area contributed by atoms with Gasteiger partial charge in [-0.15, -0.1) is 0 Å². The Morgan fingerprint density at radius 2 is 1.59 bits per heavy atom. The lowest BCUT2D eigenvalue weighted by molar-refractivity contribution is -0.145. The van der Waals surface area contributed by atoms with Gasteiger partial charge in [-0.3, -0.25) is 4.99 Å². The van der Waals surface area contributed by atoms with Gasteiger partial charge in [-0.25, -0.2) is 17.5 Å². The topological polar surface area (TPSA) is 76.0 Å². The Kier molecular flexibility index (Phi) is 5.32. The normalized spacial score (nSPS) is 19.3. The predicted molar refractivity (Wildman–Crippen MR) is 103 cm³/mol. The summed E-state index contributed by atoms with van der Waals surface area (Å²) in [6.07, 6.45) is 1.22. The highest BCUT2D eigenvalue weighted by Crippen LogP contribution is 2.35. The van der Waals surface area contributed by atoms with Crippen LogP contribution in [0, 0.1) is 13.8 Å². The van der Waals surface area contributed by atoms with Crippen LogP contribution in [0.2, 0.25) is 0 Å². The minimum atomic E-state index is -3.87. The monoisotopic (exact) mass is 386 g/mol. The Morgan fingerprint density at radius 3 is 2.15 bits per heavy atom. The van der Waals surface area contributed by atoms with Gasteiger partial charge in [-0.1, -0.05) is 47.5 Å². The van der Waals surface area contributed by atoms with Gasteiger partial charge in [0.15, 0.2) is 6.04 Å². The first-order chi connectivity index (χ1) is 12.8. The SMILES string of the molecule is CCOC(=O)[C@@H]1N=CN(S(=O)(=O)c2ccc(C)cc2)[C@@H]1c1ccc(C)cc1. The van der Waals surface area contributed by atoms with Crippen molar-refractivity contribution < 1.29 is 17.9 Å². The number of nitrogens with zero attached hydrogens (tertiary/aromatic N) is 2. The van der Waals surface area contributed by atoms with E-state index in [2.05, 4.69) is 4.99 Å². The third-order valence-electron chi connectivity index (χ3n) is 4.46. The zero-order chi connectivity index (χ0) is 19.6. The fourth-order valence-corrected chi connectivity index (χ4v) is 4.42. The fraction of sp³-hybridized carbons (Fsp3) is 0.300. The van der Waals surface area contributed by atoms with E-state index in [0.29, 0.717) is 5.56 Å². The smallest absolute Gasteiger partial charge is 0.333 e. The Balaban J connectivity index is 2.04. The summed E-state index contributed by atoms with van der Waals surface area (Å²) in [7, 11) is -3.87. The summed E-state index contributed by atoms with van der Waals surface area (Å²) in [6.45, 7) is 5.74. The largest absolute Gasteiger partial charge is 0.464 e. The number of carbonyl (C=O) groups is 1. The molecule has 2 aromatic carbocycles. The van der Waals surface area contributed by atoms with Gasteiger partial charge < -0.3 is 4.74 Å². The van der Waals surface area contributed by atoms with Crippen LogP contribution in [0.25, 0.3) is 0 Å². The van der Waals surface area contributed by atoms with Crippen LogP contribution in [0.4, 0.5) is 0 Å². The summed E-state index contributed by atoms with van der Waals surface area (Å²) < 4.78 is 32.7. The number of benzene rings is 2. The molecule has 0 saturated carbocycles. The van der Waals surface area contributed by atoms with Crippen molar-refractivity contribution in [2.24, 2.45) is 4.99 Å². The average molecular weight is 386 g/mol. The Hall–Kier alpha value is -2.67. The minimum absolute atomic E-state index is 0.154. The van der Waals surface area contributed by atoms with Crippen molar-refractivity contribution in [3.63, 3.8) is 0 Å². The summed E-state index contributed by atoms with van der Waals surface area (Å²) in [5, 5.41) is 0. The lowest BCUT2D eigenvalue weighted by Gasteiger charge is -2.27. The van der Waals surface area contributed by atoms with Crippen molar-refractivity contribution >= 4 is 22.3 Å². The zero-order valence-corrected chi connectivity index (χ0v) is 16.3. The number of carbonyl (C=O) groups excluding carboxylic acids is 1. The molecule has 1 aliphatic heterocycles. The number of ether oxygens (including phenoxy) is 1. The van der Waals surface area contributed by atoms with E-state index < -0.39 is 28.1 Å². The number of sulfonamides is 1. The van der Waals surface area contributed by atoms with Crippen molar-refractivity contribution in [2.45, 2.75) is 37.8 Å². The second kappa shape index (κ2) is 7.52. The second-order valence-electron chi connectivity index (χ2n) is 6.46. The van der Waals surface area contributed by atoms with Gasteiger partial charge in [0.25, 0.3) is 10.0 Å². The molecule has 0 unspecified atom stereocenters. The highest BCUT2D eigenvalue weighted by molar-refractivity contribution is 7.89. The molecule has 0 fully saturated rings. The molecule has 6 nitrogen and oxygen atoms in total. The molecule has 1 heterocycles. The first kappa shape index (κ1) is 19.1. The van der Waals surface area contributed by atoms with E-state index in [9.17, 15) is 13.2 Å². The molecular weight excluding hydrogens is 364 g/mol. The van der Waals surface area contributed by atoms with Gasteiger partial charge in [0.2, 0.25) is 0 Å². The molecule has 2 aromatic rings. The Bertz CT molecular complexity index is 950. The van der Waals surface area contributed by atoms with E-state index in [1.807, 2.05) is 38.1 Å². The molecular formula is C20H22N2O4S. The molecule has 3 rings (SSSR count). The summed E-state index contributed by atoms with van der Waals surface area (Å²) >= 11 is 0. The van der Waals surface area contributed by atoms with Gasteiger partial charge in [0, 0.05) is 0 Å². The van der Waals surface area contributed by atoms with Crippen LogP contribution in [0.1, 0.15) is 29.7 Å². The lowest BCUT2D eigenvalue weighted by Crippen LogP contribution is -2.37. The van der Waals surface area contributed by atoms with Crippen LogP contribution in [-0.4, -0.2) is 37.7 Å². The van der Waals surface area contributed by atoms with Gasteiger partial charge in [-0.05, 0) is 38.5 Å². The highest BCUT2D eigenvalue weighted by Gasteiger charge is 2.43. The van der Waals surface area contributed by atoms with Crippen LogP contribution < -0.4 is 0 Å². The van der Waals surface area contributed by atoms with Gasteiger partial charge in [0.05, 0.1) is 11.5 Å². The van der Waals surface area contributed by atoms with Gasteiger partial charge >= 0.3 is 5.97 Å². The molecule has 0 spiro atoms. The van der Waals surface area contributed by atoms with Crippen LogP contribution in [-0.2, 0) is 19.6 Å². The van der Waals surface area contributed by atoms with Crippen molar-refractivity contribution in [2.75, 3.05) is 6.61 Å². The predicted octanol–water partition coefficient (Wildman–Crippen LogP) is 3.01. The average Bonchev–Trinajstić information content (AvgIpc) is 3.09. The molecule has 0 aliphatic carbocycles.